The molecule has 0 aliphatic rings. The molecule has 0 radical (unpaired) electrons. The van der Waals surface area contributed by atoms with Crippen LogP contribution in [-0.2, 0) is 11.3 Å². The number of hydrazone groups is 1. The van der Waals surface area contributed by atoms with Crippen molar-refractivity contribution in [2.45, 2.75) is 6.54 Å². The van der Waals surface area contributed by atoms with Gasteiger partial charge in [-0.25, -0.2) is 10.4 Å². The Labute approximate surface area is 200 Å². The van der Waals surface area contributed by atoms with Gasteiger partial charge >= 0.3 is 0 Å². The third-order valence-corrected chi connectivity index (χ3v) is 5.68. The number of carbonyl (C=O) groups is 1. The molecule has 4 aromatic rings. The number of benzene rings is 3. The number of hydrogen-bond donors (Lipinski definition) is 1. The van der Waals surface area contributed by atoms with E-state index in [1.807, 2.05) is 48.5 Å². The van der Waals surface area contributed by atoms with Crippen LogP contribution < -0.4 is 14.9 Å². The smallest absolute Gasteiger partial charge is 0.260 e. The van der Waals surface area contributed by atoms with Crippen LogP contribution in [0.25, 0.3) is 22.4 Å². The van der Waals surface area contributed by atoms with Crippen molar-refractivity contribution in [3.63, 3.8) is 0 Å². The van der Waals surface area contributed by atoms with Crippen LogP contribution in [0.5, 0.6) is 11.5 Å². The summed E-state index contributed by atoms with van der Waals surface area (Å²) in [6, 6.07) is 18.1. The average molecular weight is 483 g/mol. The number of aromatic nitrogens is 2. The first-order chi connectivity index (χ1) is 16.0. The largest absolute Gasteiger partial charge is 0.497 e. The molecule has 0 saturated carbocycles. The van der Waals surface area contributed by atoms with E-state index in [-0.39, 0.29) is 12.5 Å². The van der Waals surface area contributed by atoms with Gasteiger partial charge in [0.15, 0.2) is 0 Å². The maximum atomic E-state index is 12.7. The molecular weight excluding hydrogens is 463 g/mol. The number of hydrogen-bond acceptors (Lipinski definition) is 5. The zero-order valence-corrected chi connectivity index (χ0v) is 19.4. The van der Waals surface area contributed by atoms with E-state index >= 15 is 0 Å². The Hall–Kier alpha value is -3.55. The molecule has 0 atom stereocenters. The second-order valence-electron chi connectivity index (χ2n) is 7.07. The third-order valence-electron chi connectivity index (χ3n) is 4.96. The van der Waals surface area contributed by atoms with Crippen LogP contribution in [0.2, 0.25) is 10.0 Å². The maximum absolute atomic E-state index is 12.7. The quantitative estimate of drug-likeness (QED) is 0.290. The van der Waals surface area contributed by atoms with Crippen LogP contribution in [0.1, 0.15) is 5.56 Å². The lowest BCUT2D eigenvalue weighted by Crippen LogP contribution is -2.23. The number of imidazole rings is 1. The molecule has 1 N–H and O–H groups in total. The zero-order chi connectivity index (χ0) is 23.4. The van der Waals surface area contributed by atoms with Crippen LogP contribution in [0.15, 0.2) is 65.8 Å². The summed E-state index contributed by atoms with van der Waals surface area (Å²) in [7, 11) is 3.20. The molecule has 7 nitrogen and oxygen atoms in total. The number of nitrogens with zero attached hydrogens (tertiary/aromatic N) is 3. The normalized spacial score (nSPS) is 11.2. The third kappa shape index (κ3) is 5.10. The monoisotopic (exact) mass is 482 g/mol. The van der Waals surface area contributed by atoms with Gasteiger partial charge in [0, 0.05) is 5.56 Å². The average Bonchev–Trinajstić information content (AvgIpc) is 3.16. The lowest BCUT2D eigenvalue weighted by molar-refractivity contribution is -0.121. The predicted molar refractivity (Wildman–Crippen MR) is 130 cm³/mol. The molecule has 0 fully saturated rings. The summed E-state index contributed by atoms with van der Waals surface area (Å²) in [4.78, 5) is 17.4. The van der Waals surface area contributed by atoms with Crippen molar-refractivity contribution in [1.82, 2.24) is 15.0 Å². The van der Waals surface area contributed by atoms with Crippen molar-refractivity contribution < 1.29 is 14.3 Å². The number of nitrogens with one attached hydrogen (secondary N) is 1. The SMILES string of the molecule is COc1ccc(C=NNC(=O)Cn2c(-c3ccc(OC)cc3)nc3cc(Cl)c(Cl)cc32)cc1. The topological polar surface area (TPSA) is 77.7 Å². The summed E-state index contributed by atoms with van der Waals surface area (Å²) in [6.45, 7) is -0.0181. The van der Waals surface area contributed by atoms with Gasteiger partial charge in [-0.15, -0.1) is 0 Å². The maximum Gasteiger partial charge on any atom is 0.260 e. The summed E-state index contributed by atoms with van der Waals surface area (Å²) >= 11 is 12.4. The van der Waals surface area contributed by atoms with E-state index < -0.39 is 0 Å². The van der Waals surface area contributed by atoms with Gasteiger partial charge in [0.1, 0.15) is 23.9 Å². The van der Waals surface area contributed by atoms with Gasteiger partial charge in [0.2, 0.25) is 0 Å². The fourth-order valence-corrected chi connectivity index (χ4v) is 3.60. The minimum Gasteiger partial charge on any atom is -0.497 e. The van der Waals surface area contributed by atoms with E-state index in [1.165, 1.54) is 0 Å². The Bertz CT molecular complexity index is 1320. The number of fused-ring (bicyclic) bond motifs is 1. The molecule has 3 aromatic carbocycles. The number of halogens is 2. The fourth-order valence-electron chi connectivity index (χ4n) is 3.29. The van der Waals surface area contributed by atoms with Gasteiger partial charge < -0.3 is 14.0 Å². The van der Waals surface area contributed by atoms with E-state index in [4.69, 9.17) is 32.7 Å². The van der Waals surface area contributed by atoms with Crippen LogP contribution in [0, 0.1) is 0 Å². The Morgan fingerprint density at radius 2 is 1.61 bits per heavy atom. The van der Waals surface area contributed by atoms with Crippen molar-refractivity contribution in [2.24, 2.45) is 5.10 Å². The highest BCUT2D eigenvalue weighted by atomic mass is 35.5. The van der Waals surface area contributed by atoms with Gasteiger partial charge in [0.05, 0.1) is 41.5 Å². The molecule has 0 unspecified atom stereocenters. The highest BCUT2D eigenvalue weighted by Gasteiger charge is 2.17. The Kier molecular flexibility index (Phi) is 6.82. The van der Waals surface area contributed by atoms with Crippen molar-refractivity contribution in [2.75, 3.05) is 14.2 Å². The Morgan fingerprint density at radius 3 is 2.24 bits per heavy atom. The Balaban J connectivity index is 1.61. The summed E-state index contributed by atoms with van der Waals surface area (Å²) in [5, 5.41) is 4.82. The van der Waals surface area contributed by atoms with Crippen molar-refractivity contribution in [3.05, 3.63) is 76.3 Å². The Morgan fingerprint density at radius 1 is 1.00 bits per heavy atom. The molecule has 1 amide bonds. The highest BCUT2D eigenvalue weighted by molar-refractivity contribution is 6.42. The molecule has 33 heavy (non-hydrogen) atoms. The molecule has 168 valence electrons. The molecule has 4 rings (SSSR count). The van der Waals surface area contributed by atoms with E-state index in [1.54, 1.807) is 37.1 Å². The first-order valence-electron chi connectivity index (χ1n) is 9.94. The predicted octanol–water partition coefficient (Wildman–Crippen LogP) is 5.18. The van der Waals surface area contributed by atoms with Crippen LogP contribution in [0.4, 0.5) is 0 Å². The molecule has 9 heteroatoms. The van der Waals surface area contributed by atoms with Gasteiger partial charge in [-0.2, -0.15) is 5.10 Å². The number of amides is 1. The van der Waals surface area contributed by atoms with Crippen LogP contribution in [0.3, 0.4) is 0 Å². The van der Waals surface area contributed by atoms with E-state index in [9.17, 15) is 4.79 Å². The molecule has 1 aromatic heterocycles. The second-order valence-corrected chi connectivity index (χ2v) is 7.89. The number of carbonyl (C=O) groups excluding carboxylic acids is 1. The molecule has 0 saturated heterocycles. The number of methoxy groups -OCH3 is 2. The molecular formula is C24H20Cl2N4O3. The minimum atomic E-state index is -0.320. The van der Waals surface area contributed by atoms with Crippen molar-refractivity contribution in [3.8, 4) is 22.9 Å². The lowest BCUT2D eigenvalue weighted by atomic mass is 10.2. The molecule has 0 bridgehead atoms. The van der Waals surface area contributed by atoms with Gasteiger partial charge in [0.25, 0.3) is 5.91 Å². The molecule has 0 spiro atoms. The zero-order valence-electron chi connectivity index (χ0n) is 17.9. The summed E-state index contributed by atoms with van der Waals surface area (Å²) < 4.78 is 12.1. The van der Waals surface area contributed by atoms with Gasteiger partial charge in [-0.3, -0.25) is 4.79 Å². The summed E-state index contributed by atoms with van der Waals surface area (Å²) in [5.74, 6) is 1.74. The van der Waals surface area contributed by atoms with Gasteiger partial charge in [-0.05, 0) is 66.2 Å². The van der Waals surface area contributed by atoms with E-state index in [0.29, 0.717) is 26.9 Å². The van der Waals surface area contributed by atoms with Gasteiger partial charge in [-0.1, -0.05) is 23.2 Å². The first-order valence-corrected chi connectivity index (χ1v) is 10.7. The number of rotatable bonds is 7. The minimum absolute atomic E-state index is 0.0181. The molecule has 0 aliphatic carbocycles. The lowest BCUT2D eigenvalue weighted by Gasteiger charge is -2.09. The summed E-state index contributed by atoms with van der Waals surface area (Å²) in [6.07, 6.45) is 1.56. The van der Waals surface area contributed by atoms with Crippen molar-refractivity contribution in [1.29, 1.82) is 0 Å². The van der Waals surface area contributed by atoms with E-state index in [0.717, 1.165) is 22.6 Å². The fraction of sp³-hybridized carbons (Fsp3) is 0.125. The van der Waals surface area contributed by atoms with Crippen LogP contribution in [-0.4, -0.2) is 35.9 Å². The van der Waals surface area contributed by atoms with Crippen LogP contribution >= 0.6 is 23.2 Å². The molecule has 1 heterocycles. The highest BCUT2D eigenvalue weighted by Crippen LogP contribution is 2.32. The summed E-state index contributed by atoms with van der Waals surface area (Å²) in [5.41, 5.74) is 5.51. The van der Waals surface area contributed by atoms with E-state index in [2.05, 4.69) is 15.5 Å². The number of ether oxygens (including phenoxy) is 2. The standard InChI is InChI=1S/C24H20Cl2N4O3/c1-32-17-7-3-15(4-8-17)13-27-29-23(31)14-30-22-12-20(26)19(25)11-21(22)28-24(30)16-5-9-18(33-2)10-6-16/h3-13H,14H2,1-2H3,(H,29,31). The van der Waals surface area contributed by atoms with Crippen molar-refractivity contribution >= 4 is 46.4 Å². The second kappa shape index (κ2) is 9.94. The first kappa shape index (κ1) is 22.6. The molecule has 0 aliphatic heterocycles.